The Labute approximate surface area is 212 Å². The first-order valence-corrected chi connectivity index (χ1v) is 12.4. The number of nitrogens with one attached hydrogen (secondary N) is 2. The van der Waals surface area contributed by atoms with E-state index in [1.807, 2.05) is 6.92 Å². The van der Waals surface area contributed by atoms with Crippen molar-refractivity contribution in [3.63, 3.8) is 0 Å². The Bertz CT molecular complexity index is 1570. The van der Waals surface area contributed by atoms with E-state index in [0.29, 0.717) is 40.1 Å². The molecule has 0 unspecified atom stereocenters. The molecule has 2 saturated carbocycles. The van der Waals surface area contributed by atoms with Gasteiger partial charge >= 0.3 is 0 Å². The summed E-state index contributed by atoms with van der Waals surface area (Å²) in [5.41, 5.74) is 2.97. The third kappa shape index (κ3) is 3.97. The summed E-state index contributed by atoms with van der Waals surface area (Å²) in [5.74, 6) is -0.973. The first kappa shape index (κ1) is 23.3. The van der Waals surface area contributed by atoms with Crippen LogP contribution >= 0.6 is 0 Å². The van der Waals surface area contributed by atoms with Crippen LogP contribution in [0.5, 0.6) is 0 Å². The number of halogens is 2. The third-order valence-corrected chi connectivity index (χ3v) is 7.38. The molecule has 2 aromatic heterocycles. The van der Waals surface area contributed by atoms with Crippen LogP contribution in [0.4, 0.5) is 8.78 Å². The molecule has 6 rings (SSSR count). The first-order valence-electron chi connectivity index (χ1n) is 12.4. The smallest absolute Gasteiger partial charge is 0.255 e. The van der Waals surface area contributed by atoms with Crippen LogP contribution in [0, 0.1) is 17.6 Å². The molecule has 2 heterocycles. The lowest BCUT2D eigenvalue weighted by molar-refractivity contribution is 0.0935. The predicted molar refractivity (Wildman–Crippen MR) is 135 cm³/mol. The lowest BCUT2D eigenvalue weighted by atomic mass is 9.96. The fraction of sp³-hybridized carbons (Fsp3) is 0.276. The molecule has 2 fully saturated rings. The lowest BCUT2D eigenvalue weighted by Crippen LogP contribution is -2.31. The number of hydrogen-bond donors (Lipinski definition) is 2. The number of amides is 2. The molecule has 0 spiro atoms. The molecule has 2 N–H and O–H groups in total. The number of aromatic nitrogens is 1. The fourth-order valence-electron chi connectivity index (χ4n) is 4.96. The van der Waals surface area contributed by atoms with Gasteiger partial charge in [0.25, 0.3) is 11.8 Å². The van der Waals surface area contributed by atoms with E-state index in [1.165, 1.54) is 25.2 Å². The van der Waals surface area contributed by atoms with E-state index in [2.05, 4.69) is 10.6 Å². The zero-order valence-corrected chi connectivity index (χ0v) is 20.5. The number of hydrogen-bond acceptors (Lipinski definition) is 4. The zero-order chi connectivity index (χ0) is 25.9. The molecule has 2 aromatic carbocycles. The Morgan fingerprint density at radius 2 is 1.76 bits per heavy atom. The molecule has 0 atom stereocenters. The fourth-order valence-corrected chi connectivity index (χ4v) is 4.96. The van der Waals surface area contributed by atoms with Crippen molar-refractivity contribution in [3.8, 4) is 22.5 Å². The molecule has 8 heteroatoms. The van der Waals surface area contributed by atoms with E-state index in [4.69, 9.17) is 9.40 Å². The van der Waals surface area contributed by atoms with Crippen molar-refractivity contribution in [2.24, 2.45) is 5.92 Å². The summed E-state index contributed by atoms with van der Waals surface area (Å²) in [6.45, 7) is 2.02. The Morgan fingerprint density at radius 3 is 2.41 bits per heavy atom. The maximum Gasteiger partial charge on any atom is 0.255 e. The van der Waals surface area contributed by atoms with Crippen molar-refractivity contribution in [2.75, 3.05) is 7.05 Å². The second-order valence-corrected chi connectivity index (χ2v) is 9.89. The predicted octanol–water partition coefficient (Wildman–Crippen LogP) is 5.64. The van der Waals surface area contributed by atoms with Crippen molar-refractivity contribution in [2.45, 2.75) is 38.1 Å². The average molecular weight is 502 g/mol. The van der Waals surface area contributed by atoms with Gasteiger partial charge in [-0.1, -0.05) is 19.4 Å². The van der Waals surface area contributed by atoms with Gasteiger partial charge < -0.3 is 15.1 Å². The van der Waals surface area contributed by atoms with E-state index >= 15 is 0 Å². The maximum absolute atomic E-state index is 14.7. The maximum atomic E-state index is 14.7. The van der Waals surface area contributed by atoms with Crippen LogP contribution in [-0.4, -0.2) is 29.4 Å². The number of aryl methyl sites for hydroxylation is 1. The number of carbonyl (C=O) groups excluding carboxylic acids is 2. The van der Waals surface area contributed by atoms with Crippen molar-refractivity contribution >= 4 is 22.9 Å². The summed E-state index contributed by atoms with van der Waals surface area (Å²) in [7, 11) is 1.52. The van der Waals surface area contributed by atoms with E-state index in [-0.39, 0.29) is 34.0 Å². The van der Waals surface area contributed by atoms with Crippen LogP contribution in [-0.2, 0) is 6.42 Å². The van der Waals surface area contributed by atoms with E-state index in [1.54, 1.807) is 30.3 Å². The number of rotatable bonds is 7. The second kappa shape index (κ2) is 8.50. The average Bonchev–Trinajstić information content (AvgIpc) is 3.71. The van der Waals surface area contributed by atoms with Crippen LogP contribution in [0.25, 0.3) is 33.6 Å². The second-order valence-electron chi connectivity index (χ2n) is 9.89. The number of nitrogens with zero attached hydrogens (tertiary/aromatic N) is 1. The van der Waals surface area contributed by atoms with Crippen molar-refractivity contribution in [1.29, 1.82) is 0 Å². The highest BCUT2D eigenvalue weighted by Crippen LogP contribution is 2.66. The standard InChI is InChI=1S/C29H25F2N3O3/c1-3-4-23-19(16-7-10-22(31)20(11-16)26(35)34-29-13-17(29)14-29)12-21-24(27(36)32-2)25(37-28(21)33-23)15-5-8-18(30)9-6-15/h5-12,17H,3-4,13-14H2,1-2H3,(H,32,36)(H,34,35). The minimum absolute atomic E-state index is 0.0160. The largest absolute Gasteiger partial charge is 0.437 e. The van der Waals surface area contributed by atoms with E-state index < -0.39 is 17.5 Å². The van der Waals surface area contributed by atoms with Gasteiger partial charge in [-0.15, -0.1) is 0 Å². The van der Waals surface area contributed by atoms with Crippen molar-refractivity contribution in [3.05, 3.63) is 77.0 Å². The Kier molecular flexibility index (Phi) is 5.36. The lowest BCUT2D eigenvalue weighted by Gasteiger charge is -2.12. The van der Waals surface area contributed by atoms with Gasteiger partial charge in [0.15, 0.2) is 0 Å². The highest BCUT2D eigenvalue weighted by atomic mass is 19.1. The molecular formula is C29H25F2N3O3. The highest BCUT2D eigenvalue weighted by molar-refractivity contribution is 6.11. The SMILES string of the molecule is CCCc1nc2oc(-c3ccc(F)cc3)c(C(=O)NC)c2cc1-c1ccc(F)c(C(=O)NC23CC2C3)c1. The van der Waals surface area contributed by atoms with Gasteiger partial charge in [0.2, 0.25) is 5.71 Å². The molecule has 2 aliphatic rings. The molecule has 2 amide bonds. The third-order valence-electron chi connectivity index (χ3n) is 7.38. The van der Waals surface area contributed by atoms with Gasteiger partial charge in [-0.05, 0) is 73.2 Å². The minimum Gasteiger partial charge on any atom is -0.437 e. The summed E-state index contributed by atoms with van der Waals surface area (Å²) in [4.78, 5) is 30.6. The Hall–Kier alpha value is -4.07. The molecule has 0 saturated heterocycles. The van der Waals surface area contributed by atoms with Crippen LogP contribution in [0.15, 0.2) is 52.9 Å². The van der Waals surface area contributed by atoms with Crippen LogP contribution in [0.2, 0.25) is 0 Å². The molecule has 0 bridgehead atoms. The summed E-state index contributed by atoms with van der Waals surface area (Å²) in [5, 5.41) is 6.09. The Morgan fingerprint density at radius 1 is 1.05 bits per heavy atom. The van der Waals surface area contributed by atoms with Gasteiger partial charge in [-0.2, -0.15) is 0 Å². The number of furan rings is 1. The van der Waals surface area contributed by atoms with Crippen LogP contribution in [0.1, 0.15) is 52.6 Å². The van der Waals surface area contributed by atoms with E-state index in [9.17, 15) is 18.4 Å². The monoisotopic (exact) mass is 501 g/mol. The number of benzene rings is 2. The minimum atomic E-state index is -0.588. The summed E-state index contributed by atoms with van der Waals surface area (Å²) >= 11 is 0. The van der Waals surface area contributed by atoms with Crippen molar-refractivity contribution < 1.29 is 22.8 Å². The van der Waals surface area contributed by atoms with Gasteiger partial charge in [0.05, 0.1) is 22.2 Å². The van der Waals surface area contributed by atoms with Crippen molar-refractivity contribution in [1.82, 2.24) is 15.6 Å². The van der Waals surface area contributed by atoms with Gasteiger partial charge in [0, 0.05) is 23.7 Å². The van der Waals surface area contributed by atoms with Gasteiger partial charge in [-0.3, -0.25) is 9.59 Å². The number of fused-ring (bicyclic) bond motifs is 2. The molecule has 0 radical (unpaired) electrons. The van der Waals surface area contributed by atoms with Gasteiger partial charge in [0.1, 0.15) is 17.4 Å². The molecular weight excluding hydrogens is 476 g/mol. The molecule has 188 valence electrons. The molecule has 37 heavy (non-hydrogen) atoms. The molecule has 4 aromatic rings. The number of carbonyl (C=O) groups is 2. The summed E-state index contributed by atoms with van der Waals surface area (Å²) in [6, 6.07) is 11.9. The van der Waals surface area contributed by atoms with Crippen LogP contribution in [0.3, 0.4) is 0 Å². The van der Waals surface area contributed by atoms with Gasteiger partial charge in [-0.25, -0.2) is 13.8 Å². The molecule has 2 aliphatic carbocycles. The molecule has 0 aliphatic heterocycles. The zero-order valence-electron chi connectivity index (χ0n) is 20.5. The molecule has 6 nitrogen and oxygen atoms in total. The quantitative estimate of drug-likeness (QED) is 0.343. The van der Waals surface area contributed by atoms with E-state index in [0.717, 1.165) is 19.3 Å². The Balaban J connectivity index is 1.50. The highest BCUT2D eigenvalue weighted by Gasteiger charge is 2.70. The topological polar surface area (TPSA) is 84.2 Å². The summed E-state index contributed by atoms with van der Waals surface area (Å²) in [6.07, 6.45) is 3.31. The first-order chi connectivity index (χ1) is 17.8. The summed E-state index contributed by atoms with van der Waals surface area (Å²) < 4.78 is 34.3. The number of pyridine rings is 1. The van der Waals surface area contributed by atoms with Crippen LogP contribution < -0.4 is 10.6 Å². The normalized spacial score (nSPS) is 19.4.